The second kappa shape index (κ2) is 7.89. The molecular formula is C18H26O. The van der Waals surface area contributed by atoms with Crippen molar-refractivity contribution in [3.63, 3.8) is 0 Å². The van der Waals surface area contributed by atoms with Gasteiger partial charge in [-0.05, 0) is 37.3 Å². The van der Waals surface area contributed by atoms with Crippen molar-refractivity contribution < 1.29 is 4.74 Å². The summed E-state index contributed by atoms with van der Waals surface area (Å²) < 4.78 is 5.95. The molecule has 0 amide bonds. The highest BCUT2D eigenvalue weighted by atomic mass is 16.5. The van der Waals surface area contributed by atoms with Gasteiger partial charge in [-0.2, -0.15) is 0 Å². The van der Waals surface area contributed by atoms with Gasteiger partial charge in [-0.3, -0.25) is 0 Å². The van der Waals surface area contributed by atoms with Gasteiger partial charge in [0.1, 0.15) is 5.75 Å². The topological polar surface area (TPSA) is 9.23 Å². The maximum absolute atomic E-state index is 5.95. The highest BCUT2D eigenvalue weighted by molar-refractivity contribution is 5.46. The predicted octanol–water partition coefficient (Wildman–Crippen LogP) is 5.00. The Morgan fingerprint density at radius 2 is 1.89 bits per heavy atom. The van der Waals surface area contributed by atoms with Crippen LogP contribution < -0.4 is 4.74 Å². The van der Waals surface area contributed by atoms with Crippen molar-refractivity contribution in [2.24, 2.45) is 0 Å². The van der Waals surface area contributed by atoms with Crippen molar-refractivity contribution in [1.29, 1.82) is 0 Å². The lowest BCUT2D eigenvalue weighted by molar-refractivity contribution is 0.310. The number of rotatable bonds is 5. The van der Waals surface area contributed by atoms with Gasteiger partial charge in [-0.1, -0.05) is 38.5 Å². The molecule has 1 heteroatoms. The molecule has 0 saturated heterocycles. The molecule has 0 N–H and O–H groups in total. The van der Waals surface area contributed by atoms with E-state index in [1.165, 1.54) is 16.7 Å². The molecule has 1 rings (SSSR count). The molecule has 1 nitrogen and oxygen atoms in total. The van der Waals surface area contributed by atoms with Crippen LogP contribution in [0.2, 0.25) is 0 Å². The standard InChI is InChI=1S/C18H26O/c1-6-8-9-10-15(4)17-13-14(3)12-16(5)18(17)19-11-7-2/h12-13,15H,6-7,10-11H2,1-5H3. The second-order valence-corrected chi connectivity index (χ2v) is 5.16. The normalized spacial score (nSPS) is 11.6. The molecule has 0 radical (unpaired) electrons. The van der Waals surface area contributed by atoms with Crippen molar-refractivity contribution in [3.8, 4) is 17.6 Å². The zero-order valence-electron chi connectivity index (χ0n) is 13.0. The van der Waals surface area contributed by atoms with E-state index in [1.54, 1.807) is 0 Å². The van der Waals surface area contributed by atoms with E-state index in [0.717, 1.165) is 31.6 Å². The molecule has 0 aliphatic carbocycles. The summed E-state index contributed by atoms with van der Waals surface area (Å²) in [6.45, 7) is 11.5. The van der Waals surface area contributed by atoms with Crippen LogP contribution >= 0.6 is 0 Å². The van der Waals surface area contributed by atoms with Gasteiger partial charge in [0.05, 0.1) is 6.61 Å². The van der Waals surface area contributed by atoms with E-state index in [1.807, 2.05) is 0 Å². The summed E-state index contributed by atoms with van der Waals surface area (Å²) in [4.78, 5) is 0. The van der Waals surface area contributed by atoms with Crippen molar-refractivity contribution >= 4 is 0 Å². The molecule has 19 heavy (non-hydrogen) atoms. The Morgan fingerprint density at radius 1 is 1.16 bits per heavy atom. The molecule has 1 aromatic carbocycles. The summed E-state index contributed by atoms with van der Waals surface area (Å²) in [5.41, 5.74) is 3.83. The van der Waals surface area contributed by atoms with Crippen molar-refractivity contribution in [1.82, 2.24) is 0 Å². The summed E-state index contributed by atoms with van der Waals surface area (Å²) in [6, 6.07) is 4.44. The molecule has 104 valence electrons. The molecule has 0 saturated carbocycles. The fourth-order valence-corrected chi connectivity index (χ4v) is 2.21. The average molecular weight is 258 g/mol. The first-order valence-corrected chi connectivity index (χ1v) is 7.29. The molecule has 0 spiro atoms. The van der Waals surface area contributed by atoms with E-state index in [4.69, 9.17) is 4.74 Å². The van der Waals surface area contributed by atoms with Gasteiger partial charge in [-0.25, -0.2) is 0 Å². The van der Waals surface area contributed by atoms with Gasteiger partial charge in [-0.15, -0.1) is 11.8 Å². The molecule has 0 fully saturated rings. The van der Waals surface area contributed by atoms with Crippen LogP contribution in [0, 0.1) is 25.7 Å². The van der Waals surface area contributed by atoms with Crippen LogP contribution in [0.5, 0.6) is 5.75 Å². The third-order valence-corrected chi connectivity index (χ3v) is 3.14. The fraction of sp³-hybridized carbons (Fsp3) is 0.556. The molecule has 0 heterocycles. The Hall–Kier alpha value is -1.42. The number of ether oxygens (including phenoxy) is 1. The van der Waals surface area contributed by atoms with Gasteiger partial charge < -0.3 is 4.74 Å². The Morgan fingerprint density at radius 3 is 2.53 bits per heavy atom. The SMILES string of the molecule is CCC#CCC(C)c1cc(C)cc(C)c1OCCC. The van der Waals surface area contributed by atoms with E-state index < -0.39 is 0 Å². The van der Waals surface area contributed by atoms with Crippen LogP contribution in [0.15, 0.2) is 12.1 Å². The van der Waals surface area contributed by atoms with Crippen LogP contribution in [0.1, 0.15) is 62.6 Å². The largest absolute Gasteiger partial charge is 0.493 e. The van der Waals surface area contributed by atoms with Gasteiger partial charge in [0.2, 0.25) is 0 Å². The van der Waals surface area contributed by atoms with Crippen LogP contribution in [0.25, 0.3) is 0 Å². The number of hydrogen-bond donors (Lipinski definition) is 0. The number of aryl methyl sites for hydroxylation is 2. The minimum absolute atomic E-state index is 0.421. The van der Waals surface area contributed by atoms with Crippen molar-refractivity contribution in [2.75, 3.05) is 6.61 Å². The highest BCUT2D eigenvalue weighted by Crippen LogP contribution is 2.33. The zero-order chi connectivity index (χ0) is 14.3. The summed E-state index contributed by atoms with van der Waals surface area (Å²) in [5, 5.41) is 0. The van der Waals surface area contributed by atoms with E-state index in [2.05, 4.69) is 58.6 Å². The van der Waals surface area contributed by atoms with E-state index in [0.29, 0.717) is 5.92 Å². The van der Waals surface area contributed by atoms with Crippen LogP contribution in [0.4, 0.5) is 0 Å². The molecule has 0 aromatic heterocycles. The summed E-state index contributed by atoms with van der Waals surface area (Å²) in [5.74, 6) is 7.89. The molecule has 0 aliphatic rings. The lowest BCUT2D eigenvalue weighted by Crippen LogP contribution is -2.04. The van der Waals surface area contributed by atoms with Gasteiger partial charge in [0.25, 0.3) is 0 Å². The minimum atomic E-state index is 0.421. The summed E-state index contributed by atoms with van der Waals surface area (Å²) in [6.07, 6.45) is 2.87. The van der Waals surface area contributed by atoms with Crippen molar-refractivity contribution in [3.05, 3.63) is 28.8 Å². The van der Waals surface area contributed by atoms with Gasteiger partial charge in [0.15, 0.2) is 0 Å². The lowest BCUT2D eigenvalue weighted by Gasteiger charge is -2.18. The highest BCUT2D eigenvalue weighted by Gasteiger charge is 2.14. The minimum Gasteiger partial charge on any atom is -0.493 e. The molecule has 1 atom stereocenters. The van der Waals surface area contributed by atoms with E-state index >= 15 is 0 Å². The van der Waals surface area contributed by atoms with Crippen LogP contribution in [-0.4, -0.2) is 6.61 Å². The maximum Gasteiger partial charge on any atom is 0.125 e. The Bertz CT molecular complexity index is 463. The summed E-state index contributed by atoms with van der Waals surface area (Å²) >= 11 is 0. The Balaban J connectivity index is 3.01. The third-order valence-electron chi connectivity index (χ3n) is 3.14. The first kappa shape index (κ1) is 15.6. The molecule has 0 bridgehead atoms. The maximum atomic E-state index is 5.95. The molecule has 1 aromatic rings. The summed E-state index contributed by atoms with van der Waals surface area (Å²) in [7, 11) is 0. The number of hydrogen-bond acceptors (Lipinski definition) is 1. The first-order valence-electron chi connectivity index (χ1n) is 7.29. The molecule has 0 aliphatic heterocycles. The van der Waals surface area contributed by atoms with E-state index in [-0.39, 0.29) is 0 Å². The first-order chi connectivity index (χ1) is 9.10. The van der Waals surface area contributed by atoms with Crippen molar-refractivity contribution in [2.45, 2.75) is 59.8 Å². The van der Waals surface area contributed by atoms with Crippen LogP contribution in [-0.2, 0) is 0 Å². The average Bonchev–Trinajstić information content (AvgIpc) is 2.37. The Kier molecular flexibility index (Phi) is 6.50. The molecular weight excluding hydrogens is 232 g/mol. The quantitative estimate of drug-likeness (QED) is 0.675. The third kappa shape index (κ3) is 4.63. The van der Waals surface area contributed by atoms with Gasteiger partial charge in [0, 0.05) is 12.8 Å². The smallest absolute Gasteiger partial charge is 0.125 e. The lowest BCUT2D eigenvalue weighted by atomic mass is 9.93. The Labute approximate surface area is 118 Å². The number of benzene rings is 1. The monoisotopic (exact) mass is 258 g/mol. The van der Waals surface area contributed by atoms with Gasteiger partial charge >= 0.3 is 0 Å². The fourth-order valence-electron chi connectivity index (χ4n) is 2.21. The van der Waals surface area contributed by atoms with E-state index in [9.17, 15) is 0 Å². The molecule has 1 unspecified atom stereocenters. The zero-order valence-corrected chi connectivity index (χ0v) is 13.0. The predicted molar refractivity (Wildman–Crippen MR) is 82.8 cm³/mol. The van der Waals surface area contributed by atoms with Crippen LogP contribution in [0.3, 0.4) is 0 Å². The second-order valence-electron chi connectivity index (χ2n) is 5.16.